The van der Waals surface area contributed by atoms with E-state index in [0.717, 1.165) is 18.4 Å². The molecule has 1 aliphatic carbocycles. The highest BCUT2D eigenvalue weighted by atomic mass is 35.5. The number of carbonyl (C=O) groups is 1. The lowest BCUT2D eigenvalue weighted by Gasteiger charge is -2.19. The zero-order chi connectivity index (χ0) is 12.6. The summed E-state index contributed by atoms with van der Waals surface area (Å²) in [4.78, 5) is 10.9. The highest BCUT2D eigenvalue weighted by Crippen LogP contribution is 2.48. The van der Waals surface area contributed by atoms with E-state index in [1.807, 2.05) is 6.92 Å². The zero-order valence-corrected chi connectivity index (χ0v) is 10.4. The number of hydrogen-bond donors (Lipinski definition) is 2. The van der Waals surface area contributed by atoms with Crippen LogP contribution in [0.1, 0.15) is 36.3 Å². The van der Waals surface area contributed by atoms with E-state index < -0.39 is 5.97 Å². The molecule has 4 heteroatoms. The number of hydrogen-bond acceptors (Lipinski definition) is 2. The molecule has 2 N–H and O–H groups in total. The van der Waals surface area contributed by atoms with E-state index in [1.165, 1.54) is 0 Å². The highest BCUT2D eigenvalue weighted by molar-refractivity contribution is 6.31. The minimum absolute atomic E-state index is 0.0550. The molecular formula is C13H15ClO3. The molecule has 1 unspecified atom stereocenters. The molecule has 0 spiro atoms. The molecule has 0 aromatic heterocycles. The molecule has 1 atom stereocenters. The predicted molar refractivity (Wildman–Crippen MR) is 65.6 cm³/mol. The Bertz CT molecular complexity index is 452. The number of aliphatic carboxylic acids is 1. The van der Waals surface area contributed by atoms with Gasteiger partial charge in [-0.25, -0.2) is 0 Å². The van der Waals surface area contributed by atoms with Crippen molar-refractivity contribution < 1.29 is 15.0 Å². The van der Waals surface area contributed by atoms with Crippen molar-refractivity contribution in [3.05, 3.63) is 28.3 Å². The van der Waals surface area contributed by atoms with Gasteiger partial charge in [0.2, 0.25) is 0 Å². The quantitative estimate of drug-likeness (QED) is 0.867. The largest absolute Gasteiger partial charge is 0.508 e. The minimum Gasteiger partial charge on any atom is -0.508 e. The average molecular weight is 255 g/mol. The normalized spacial score (nSPS) is 16.8. The maximum atomic E-state index is 10.9. The molecule has 0 amide bonds. The zero-order valence-electron chi connectivity index (χ0n) is 9.61. The number of aromatic hydroxyl groups is 1. The van der Waals surface area contributed by atoms with Crippen molar-refractivity contribution >= 4 is 17.6 Å². The first-order valence-corrected chi connectivity index (χ1v) is 6.08. The van der Waals surface area contributed by atoms with Crippen LogP contribution in [0.15, 0.2) is 12.1 Å². The van der Waals surface area contributed by atoms with Gasteiger partial charge < -0.3 is 10.2 Å². The second-order valence-corrected chi connectivity index (χ2v) is 5.05. The molecule has 0 aliphatic heterocycles. The monoisotopic (exact) mass is 254 g/mol. The summed E-state index contributed by atoms with van der Waals surface area (Å²) in [5.41, 5.74) is 1.51. The fraction of sp³-hybridized carbons (Fsp3) is 0.462. The van der Waals surface area contributed by atoms with Crippen LogP contribution in [0.2, 0.25) is 5.02 Å². The molecule has 1 saturated carbocycles. The van der Waals surface area contributed by atoms with Gasteiger partial charge in [-0.2, -0.15) is 0 Å². The lowest BCUT2D eigenvalue weighted by atomic mass is 9.87. The van der Waals surface area contributed by atoms with Gasteiger partial charge in [-0.3, -0.25) is 4.79 Å². The number of carboxylic acids is 1. The molecule has 3 nitrogen and oxygen atoms in total. The first-order chi connectivity index (χ1) is 8.00. The van der Waals surface area contributed by atoms with E-state index in [2.05, 4.69) is 0 Å². The molecule has 0 heterocycles. The van der Waals surface area contributed by atoms with Crippen LogP contribution in [0.5, 0.6) is 5.75 Å². The van der Waals surface area contributed by atoms with Crippen molar-refractivity contribution in [3.63, 3.8) is 0 Å². The Labute approximate surface area is 105 Å². The summed E-state index contributed by atoms with van der Waals surface area (Å²) >= 11 is 6.03. The number of phenolic OH excluding ortho intramolecular Hbond substituents is 1. The summed E-state index contributed by atoms with van der Waals surface area (Å²) in [6.45, 7) is 1.83. The van der Waals surface area contributed by atoms with Gasteiger partial charge in [0, 0.05) is 16.5 Å². The van der Waals surface area contributed by atoms with Crippen LogP contribution in [-0.2, 0) is 4.79 Å². The highest BCUT2D eigenvalue weighted by Gasteiger charge is 2.36. The third kappa shape index (κ3) is 2.55. The SMILES string of the molecule is Cc1c(Cl)ccc(O)c1C(CC(=O)O)C1CC1. The average Bonchev–Trinajstić information content (AvgIpc) is 3.06. The van der Waals surface area contributed by atoms with E-state index in [-0.39, 0.29) is 18.1 Å². The van der Waals surface area contributed by atoms with E-state index in [9.17, 15) is 9.90 Å². The van der Waals surface area contributed by atoms with Crippen molar-refractivity contribution in [1.29, 1.82) is 0 Å². The summed E-state index contributed by atoms with van der Waals surface area (Å²) in [5, 5.41) is 19.5. The Balaban J connectivity index is 2.41. The Morgan fingerprint density at radius 1 is 1.53 bits per heavy atom. The molecule has 17 heavy (non-hydrogen) atoms. The first-order valence-electron chi connectivity index (χ1n) is 5.70. The van der Waals surface area contributed by atoms with Gasteiger partial charge in [0.25, 0.3) is 0 Å². The Morgan fingerprint density at radius 2 is 2.18 bits per heavy atom. The second-order valence-electron chi connectivity index (χ2n) is 4.65. The van der Waals surface area contributed by atoms with Gasteiger partial charge in [-0.15, -0.1) is 0 Å². The molecular weight excluding hydrogens is 240 g/mol. The number of phenols is 1. The van der Waals surface area contributed by atoms with Gasteiger partial charge in [-0.05, 0) is 43.4 Å². The second kappa shape index (κ2) is 4.57. The molecule has 0 radical (unpaired) electrons. The third-order valence-corrected chi connectivity index (χ3v) is 3.79. The molecule has 2 rings (SSSR count). The van der Waals surface area contributed by atoms with Crippen molar-refractivity contribution in [1.82, 2.24) is 0 Å². The van der Waals surface area contributed by atoms with E-state index in [0.29, 0.717) is 16.5 Å². The molecule has 92 valence electrons. The lowest BCUT2D eigenvalue weighted by molar-refractivity contribution is -0.137. The number of carboxylic acid groups (broad SMARTS) is 1. The molecule has 1 aliphatic rings. The van der Waals surface area contributed by atoms with Crippen molar-refractivity contribution in [3.8, 4) is 5.75 Å². The lowest BCUT2D eigenvalue weighted by Crippen LogP contribution is -2.10. The molecule has 1 aromatic rings. The predicted octanol–water partition coefficient (Wildman–Crippen LogP) is 3.32. The minimum atomic E-state index is -0.833. The third-order valence-electron chi connectivity index (χ3n) is 3.38. The topological polar surface area (TPSA) is 57.5 Å². The summed E-state index contributed by atoms with van der Waals surface area (Å²) < 4.78 is 0. The van der Waals surface area contributed by atoms with Crippen molar-refractivity contribution in [2.75, 3.05) is 0 Å². The Morgan fingerprint density at radius 3 is 2.71 bits per heavy atom. The van der Waals surface area contributed by atoms with Gasteiger partial charge in [0.05, 0.1) is 6.42 Å². The number of rotatable bonds is 4. The summed E-state index contributed by atoms with van der Waals surface area (Å²) in [7, 11) is 0. The standard InChI is InChI=1S/C13H15ClO3/c1-7-10(14)4-5-11(15)13(7)9(6-12(16)17)8-2-3-8/h4-5,8-9,15H,2-3,6H2,1H3,(H,16,17). The fourth-order valence-electron chi connectivity index (χ4n) is 2.35. The van der Waals surface area contributed by atoms with Crippen LogP contribution in [0.25, 0.3) is 0 Å². The summed E-state index contributed by atoms with van der Waals surface area (Å²) in [6, 6.07) is 3.18. The van der Waals surface area contributed by atoms with Gasteiger partial charge in [0.15, 0.2) is 0 Å². The molecule has 1 fully saturated rings. The molecule has 0 saturated heterocycles. The van der Waals surface area contributed by atoms with E-state index >= 15 is 0 Å². The smallest absolute Gasteiger partial charge is 0.303 e. The van der Waals surface area contributed by atoms with E-state index in [1.54, 1.807) is 12.1 Å². The fourth-order valence-corrected chi connectivity index (χ4v) is 2.51. The summed E-state index contributed by atoms with van der Waals surface area (Å²) in [5.74, 6) is -0.425. The van der Waals surface area contributed by atoms with Crippen LogP contribution < -0.4 is 0 Å². The number of halogens is 1. The Kier molecular flexibility index (Phi) is 3.29. The molecule has 0 bridgehead atoms. The van der Waals surface area contributed by atoms with Crippen LogP contribution >= 0.6 is 11.6 Å². The van der Waals surface area contributed by atoms with Crippen molar-refractivity contribution in [2.45, 2.75) is 32.1 Å². The van der Waals surface area contributed by atoms with Crippen LogP contribution in [0, 0.1) is 12.8 Å². The van der Waals surface area contributed by atoms with Gasteiger partial charge in [0.1, 0.15) is 5.75 Å². The Hall–Kier alpha value is -1.22. The van der Waals surface area contributed by atoms with Gasteiger partial charge in [-0.1, -0.05) is 11.6 Å². The van der Waals surface area contributed by atoms with Crippen LogP contribution in [0.4, 0.5) is 0 Å². The maximum Gasteiger partial charge on any atom is 0.303 e. The van der Waals surface area contributed by atoms with Crippen LogP contribution in [0.3, 0.4) is 0 Å². The van der Waals surface area contributed by atoms with Gasteiger partial charge >= 0.3 is 5.97 Å². The molecule has 1 aromatic carbocycles. The maximum absolute atomic E-state index is 10.9. The van der Waals surface area contributed by atoms with E-state index in [4.69, 9.17) is 16.7 Å². The first kappa shape index (κ1) is 12.2. The van der Waals surface area contributed by atoms with Crippen LogP contribution in [-0.4, -0.2) is 16.2 Å². The summed E-state index contributed by atoms with van der Waals surface area (Å²) in [6.07, 6.45) is 2.12. The van der Waals surface area contributed by atoms with Crippen molar-refractivity contribution in [2.24, 2.45) is 5.92 Å². The number of benzene rings is 1.